The van der Waals surface area contributed by atoms with E-state index in [2.05, 4.69) is 32.9 Å². The smallest absolute Gasteiger partial charge is 0.0314 e. The zero-order valence-corrected chi connectivity index (χ0v) is 10.9. The van der Waals surface area contributed by atoms with Gasteiger partial charge in [-0.1, -0.05) is 39.3 Å². The minimum absolute atomic E-state index is 0.503. The number of rotatable bonds is 6. The second-order valence-corrected chi connectivity index (χ2v) is 5.51. The van der Waals surface area contributed by atoms with Gasteiger partial charge in [-0.05, 0) is 48.8 Å². The molecule has 0 saturated carbocycles. The van der Waals surface area contributed by atoms with Crippen molar-refractivity contribution in [2.75, 3.05) is 5.73 Å². The lowest BCUT2D eigenvalue weighted by molar-refractivity contribution is 0.296. The molecule has 1 heteroatoms. The van der Waals surface area contributed by atoms with Crippen LogP contribution >= 0.6 is 0 Å². The van der Waals surface area contributed by atoms with Gasteiger partial charge in [-0.2, -0.15) is 0 Å². The molecule has 0 aliphatic rings. The first-order valence-corrected chi connectivity index (χ1v) is 6.38. The molecule has 0 saturated heterocycles. The van der Waals surface area contributed by atoms with Crippen LogP contribution in [0.3, 0.4) is 0 Å². The van der Waals surface area contributed by atoms with E-state index in [0.717, 1.165) is 5.69 Å². The molecule has 1 aromatic rings. The molecule has 0 spiro atoms. The molecule has 16 heavy (non-hydrogen) atoms. The highest BCUT2D eigenvalue weighted by molar-refractivity contribution is 5.39. The number of benzene rings is 1. The highest BCUT2D eigenvalue weighted by atomic mass is 14.5. The molecule has 0 unspecified atom stereocenters. The van der Waals surface area contributed by atoms with Crippen molar-refractivity contribution in [3.05, 3.63) is 29.8 Å². The maximum Gasteiger partial charge on any atom is 0.0314 e. The van der Waals surface area contributed by atoms with Crippen LogP contribution in [0, 0.1) is 5.41 Å². The van der Waals surface area contributed by atoms with E-state index in [9.17, 15) is 0 Å². The number of aryl methyl sites for hydroxylation is 1. The summed E-state index contributed by atoms with van der Waals surface area (Å²) in [4.78, 5) is 0. The lowest BCUT2D eigenvalue weighted by Gasteiger charge is -2.23. The maximum absolute atomic E-state index is 5.66. The second kappa shape index (κ2) is 5.93. The number of nitrogen functional groups attached to an aromatic ring is 1. The van der Waals surface area contributed by atoms with E-state index in [1.165, 1.54) is 37.7 Å². The fourth-order valence-electron chi connectivity index (χ4n) is 2.26. The average Bonchev–Trinajstić information content (AvgIpc) is 2.20. The summed E-state index contributed by atoms with van der Waals surface area (Å²) in [7, 11) is 0. The van der Waals surface area contributed by atoms with Crippen LogP contribution in [0.2, 0.25) is 0 Å². The second-order valence-electron chi connectivity index (χ2n) is 5.51. The normalized spacial score (nSPS) is 11.7. The number of hydrogen-bond acceptors (Lipinski definition) is 1. The average molecular weight is 219 g/mol. The zero-order valence-electron chi connectivity index (χ0n) is 10.9. The largest absolute Gasteiger partial charge is 0.399 e. The van der Waals surface area contributed by atoms with Crippen LogP contribution in [0.1, 0.15) is 52.0 Å². The van der Waals surface area contributed by atoms with E-state index in [0.29, 0.717) is 5.41 Å². The summed E-state index contributed by atoms with van der Waals surface area (Å²) in [6, 6.07) is 8.27. The van der Waals surface area contributed by atoms with E-state index in [1.54, 1.807) is 0 Å². The summed E-state index contributed by atoms with van der Waals surface area (Å²) in [6.07, 6.45) is 6.37. The van der Waals surface area contributed by atoms with Crippen LogP contribution in [0.15, 0.2) is 24.3 Å². The third kappa shape index (κ3) is 4.69. The molecule has 0 amide bonds. The Balaban J connectivity index is 2.32. The molecule has 2 N–H and O–H groups in total. The zero-order chi connectivity index (χ0) is 12.0. The molecule has 90 valence electrons. The Morgan fingerprint density at radius 1 is 1.06 bits per heavy atom. The van der Waals surface area contributed by atoms with E-state index in [4.69, 9.17) is 5.73 Å². The van der Waals surface area contributed by atoms with Gasteiger partial charge in [0, 0.05) is 5.69 Å². The van der Waals surface area contributed by atoms with Crippen molar-refractivity contribution in [1.29, 1.82) is 0 Å². The Hall–Kier alpha value is -0.980. The standard InChI is InChI=1S/C15H25N/c1-4-11-15(2,3)12-5-6-13-7-9-14(16)10-8-13/h7-10H,4-6,11-12,16H2,1-3H3. The van der Waals surface area contributed by atoms with Crippen LogP contribution in [0.4, 0.5) is 5.69 Å². The van der Waals surface area contributed by atoms with Gasteiger partial charge in [0.2, 0.25) is 0 Å². The van der Waals surface area contributed by atoms with Gasteiger partial charge in [0.15, 0.2) is 0 Å². The van der Waals surface area contributed by atoms with Crippen LogP contribution < -0.4 is 5.73 Å². The highest BCUT2D eigenvalue weighted by Gasteiger charge is 2.15. The molecule has 0 aliphatic carbocycles. The topological polar surface area (TPSA) is 26.0 Å². The van der Waals surface area contributed by atoms with Crippen molar-refractivity contribution in [3.8, 4) is 0 Å². The van der Waals surface area contributed by atoms with Gasteiger partial charge in [0.1, 0.15) is 0 Å². The van der Waals surface area contributed by atoms with Crippen molar-refractivity contribution < 1.29 is 0 Å². The Bertz CT molecular complexity index is 298. The van der Waals surface area contributed by atoms with Crippen LogP contribution in [0.5, 0.6) is 0 Å². The summed E-state index contributed by atoms with van der Waals surface area (Å²) >= 11 is 0. The SMILES string of the molecule is CCCC(C)(C)CCCc1ccc(N)cc1. The third-order valence-corrected chi connectivity index (χ3v) is 3.23. The lowest BCUT2D eigenvalue weighted by atomic mass is 9.82. The van der Waals surface area contributed by atoms with Gasteiger partial charge in [0.25, 0.3) is 0 Å². The summed E-state index contributed by atoms with van der Waals surface area (Å²) in [5.74, 6) is 0. The van der Waals surface area contributed by atoms with Crippen molar-refractivity contribution in [1.82, 2.24) is 0 Å². The molecule has 1 nitrogen and oxygen atoms in total. The van der Waals surface area contributed by atoms with Crippen LogP contribution in [-0.2, 0) is 6.42 Å². The van der Waals surface area contributed by atoms with E-state index in [-0.39, 0.29) is 0 Å². The Morgan fingerprint density at radius 3 is 2.25 bits per heavy atom. The minimum atomic E-state index is 0.503. The number of hydrogen-bond donors (Lipinski definition) is 1. The predicted octanol–water partition coefficient (Wildman–Crippen LogP) is 4.42. The molecule has 0 fully saturated rings. The molecule has 0 aromatic heterocycles. The molecule has 1 rings (SSSR count). The minimum Gasteiger partial charge on any atom is -0.399 e. The monoisotopic (exact) mass is 219 g/mol. The highest BCUT2D eigenvalue weighted by Crippen LogP contribution is 2.28. The molecule has 0 heterocycles. The van der Waals surface area contributed by atoms with Gasteiger partial charge in [-0.15, -0.1) is 0 Å². The summed E-state index contributed by atoms with van der Waals surface area (Å²) in [5, 5.41) is 0. The van der Waals surface area contributed by atoms with E-state index in [1.807, 2.05) is 12.1 Å². The van der Waals surface area contributed by atoms with Crippen LogP contribution in [-0.4, -0.2) is 0 Å². The van der Waals surface area contributed by atoms with Gasteiger partial charge in [-0.25, -0.2) is 0 Å². The summed E-state index contributed by atoms with van der Waals surface area (Å²) in [6.45, 7) is 7.01. The molecule has 0 atom stereocenters. The molecule has 0 aliphatic heterocycles. The molecule has 0 bridgehead atoms. The first kappa shape index (κ1) is 13.1. The van der Waals surface area contributed by atoms with Gasteiger partial charge < -0.3 is 5.73 Å². The summed E-state index contributed by atoms with van der Waals surface area (Å²) < 4.78 is 0. The van der Waals surface area contributed by atoms with Crippen molar-refractivity contribution in [2.24, 2.45) is 5.41 Å². The van der Waals surface area contributed by atoms with Crippen molar-refractivity contribution in [3.63, 3.8) is 0 Å². The fourth-order valence-corrected chi connectivity index (χ4v) is 2.26. The third-order valence-electron chi connectivity index (χ3n) is 3.23. The van der Waals surface area contributed by atoms with E-state index < -0.39 is 0 Å². The van der Waals surface area contributed by atoms with Gasteiger partial charge >= 0.3 is 0 Å². The quantitative estimate of drug-likeness (QED) is 0.704. The van der Waals surface area contributed by atoms with Gasteiger partial charge in [0.05, 0.1) is 0 Å². The molecular weight excluding hydrogens is 194 g/mol. The van der Waals surface area contributed by atoms with Crippen molar-refractivity contribution in [2.45, 2.75) is 52.9 Å². The maximum atomic E-state index is 5.66. The van der Waals surface area contributed by atoms with E-state index >= 15 is 0 Å². The molecule has 1 aromatic carbocycles. The summed E-state index contributed by atoms with van der Waals surface area (Å²) in [5.41, 5.74) is 8.43. The van der Waals surface area contributed by atoms with Crippen LogP contribution in [0.25, 0.3) is 0 Å². The predicted molar refractivity (Wildman–Crippen MR) is 72.5 cm³/mol. The Labute approximate surface area is 100 Å². The van der Waals surface area contributed by atoms with Gasteiger partial charge in [-0.3, -0.25) is 0 Å². The first-order chi connectivity index (χ1) is 7.53. The molecule has 0 radical (unpaired) electrons. The number of anilines is 1. The first-order valence-electron chi connectivity index (χ1n) is 6.38. The lowest BCUT2D eigenvalue weighted by Crippen LogP contribution is -2.10. The molecular formula is C15H25N. The fraction of sp³-hybridized carbons (Fsp3) is 0.600. The van der Waals surface area contributed by atoms with Crippen molar-refractivity contribution >= 4 is 5.69 Å². The number of nitrogens with two attached hydrogens (primary N) is 1. The Kier molecular flexibility index (Phi) is 4.85. The Morgan fingerprint density at radius 2 is 1.69 bits per heavy atom.